The van der Waals surface area contributed by atoms with Crippen LogP contribution in [-0.2, 0) is 35.0 Å². The quantitative estimate of drug-likeness (QED) is 0.276. The van der Waals surface area contributed by atoms with Crippen LogP contribution in [0.5, 0.6) is 11.5 Å². The van der Waals surface area contributed by atoms with Gasteiger partial charge in [0.1, 0.15) is 24.9 Å². The molecule has 5 atom stereocenters. The zero-order valence-electron chi connectivity index (χ0n) is 22.9. The topological polar surface area (TPSA) is 140 Å². The molecule has 208 valence electrons. The molecule has 0 radical (unpaired) electrons. The van der Waals surface area contributed by atoms with Crippen molar-refractivity contribution in [2.75, 3.05) is 6.61 Å². The molecule has 3 unspecified atom stereocenters. The van der Waals surface area contributed by atoms with E-state index in [-0.39, 0.29) is 42.5 Å². The molecular formula is C27H41NO9. The normalized spacial score (nSPS) is 14.9. The monoisotopic (exact) mass is 523 g/mol. The molecule has 0 bridgehead atoms. The van der Waals surface area contributed by atoms with Crippen LogP contribution in [0.1, 0.15) is 73.3 Å². The fraction of sp³-hybridized carbons (Fsp3) is 0.630. The molecule has 0 saturated carbocycles. The van der Waals surface area contributed by atoms with Crippen molar-refractivity contribution in [2.45, 2.75) is 92.4 Å². The van der Waals surface area contributed by atoms with Gasteiger partial charge in [-0.25, -0.2) is 4.79 Å². The number of carbonyl (C=O) groups excluding carboxylic acids is 4. The molecule has 0 aliphatic rings. The molecule has 1 rings (SSSR count). The maximum absolute atomic E-state index is 12.4. The lowest BCUT2D eigenvalue weighted by atomic mass is 10.1. The van der Waals surface area contributed by atoms with Gasteiger partial charge in [-0.3, -0.25) is 14.4 Å². The number of hydrogen-bond donors (Lipinski definition) is 1. The summed E-state index contributed by atoms with van der Waals surface area (Å²) >= 11 is 0. The van der Waals surface area contributed by atoms with Gasteiger partial charge in [0.15, 0.2) is 11.5 Å². The summed E-state index contributed by atoms with van der Waals surface area (Å²) in [5.41, 5.74) is 6.59. The van der Waals surface area contributed by atoms with Crippen molar-refractivity contribution in [1.29, 1.82) is 0 Å². The first-order valence-corrected chi connectivity index (χ1v) is 12.8. The predicted octanol–water partition coefficient (Wildman–Crippen LogP) is 4.34. The Morgan fingerprint density at radius 2 is 1.30 bits per heavy atom. The molecule has 0 aliphatic carbocycles. The molecule has 0 saturated heterocycles. The van der Waals surface area contributed by atoms with Gasteiger partial charge in [-0.2, -0.15) is 0 Å². The van der Waals surface area contributed by atoms with Crippen molar-refractivity contribution in [3.63, 3.8) is 0 Å². The minimum atomic E-state index is -1.04. The first kappa shape index (κ1) is 31.9. The molecule has 37 heavy (non-hydrogen) atoms. The van der Waals surface area contributed by atoms with Crippen molar-refractivity contribution in [2.24, 2.45) is 17.6 Å². The van der Waals surface area contributed by atoms with Gasteiger partial charge in [-0.05, 0) is 57.2 Å². The number of rotatable bonds is 14. The Hall–Kier alpha value is -3.14. The summed E-state index contributed by atoms with van der Waals surface area (Å²) in [5.74, 6) is -2.11. The molecule has 1 aromatic rings. The van der Waals surface area contributed by atoms with Crippen molar-refractivity contribution in [1.82, 2.24) is 0 Å². The van der Waals surface area contributed by atoms with E-state index in [0.29, 0.717) is 24.8 Å². The van der Waals surface area contributed by atoms with Gasteiger partial charge in [0.2, 0.25) is 0 Å². The molecule has 0 aromatic heterocycles. The summed E-state index contributed by atoms with van der Waals surface area (Å²) in [4.78, 5) is 48.8. The molecule has 0 aliphatic heterocycles. The van der Waals surface area contributed by atoms with Crippen LogP contribution in [0.25, 0.3) is 0 Å². The lowest BCUT2D eigenvalue weighted by Gasteiger charge is -2.18. The summed E-state index contributed by atoms with van der Waals surface area (Å²) in [6.45, 7) is 12.2. The minimum Gasteiger partial charge on any atom is -0.461 e. The molecule has 1 aromatic carbocycles. The van der Waals surface area contributed by atoms with Crippen LogP contribution in [0, 0.1) is 11.8 Å². The van der Waals surface area contributed by atoms with Crippen molar-refractivity contribution in [3.05, 3.63) is 23.8 Å². The van der Waals surface area contributed by atoms with Crippen LogP contribution in [-0.4, -0.2) is 48.9 Å². The Labute approximate surface area is 219 Å². The Kier molecular flexibility index (Phi) is 13.7. The standard InChI is InChI=1S/C27H41NO9/c1-8-16(4)24(29)36-22-12-11-20(14-23(22)37-25(30)17(5)9-2)13-21(28)26(31)33-15-19(7)35-27(32)34-18(6)10-3/h11-12,14,16-19,21H,8-10,13,15,28H2,1-7H3/t16?,17?,18?,19-,21-/m0/s1. The first-order valence-electron chi connectivity index (χ1n) is 12.8. The van der Waals surface area contributed by atoms with Gasteiger partial charge >= 0.3 is 24.1 Å². The fourth-order valence-electron chi connectivity index (χ4n) is 2.71. The number of hydrogen-bond acceptors (Lipinski definition) is 10. The zero-order chi connectivity index (χ0) is 28.1. The van der Waals surface area contributed by atoms with Crippen LogP contribution in [0.2, 0.25) is 0 Å². The average Bonchev–Trinajstić information content (AvgIpc) is 2.86. The van der Waals surface area contributed by atoms with Crippen molar-refractivity contribution >= 4 is 24.1 Å². The smallest absolute Gasteiger partial charge is 0.461 e. The predicted molar refractivity (Wildman–Crippen MR) is 136 cm³/mol. The number of nitrogens with two attached hydrogens (primary N) is 1. The lowest BCUT2D eigenvalue weighted by molar-refractivity contribution is -0.148. The van der Waals surface area contributed by atoms with E-state index in [9.17, 15) is 19.2 Å². The van der Waals surface area contributed by atoms with Gasteiger partial charge < -0.3 is 29.4 Å². The summed E-state index contributed by atoms with van der Waals surface area (Å²) in [5, 5.41) is 0. The fourth-order valence-corrected chi connectivity index (χ4v) is 2.71. The van der Waals surface area contributed by atoms with Gasteiger partial charge in [-0.15, -0.1) is 0 Å². The van der Waals surface area contributed by atoms with Gasteiger partial charge in [-0.1, -0.05) is 40.7 Å². The van der Waals surface area contributed by atoms with E-state index in [2.05, 4.69) is 0 Å². The van der Waals surface area contributed by atoms with Crippen LogP contribution < -0.4 is 15.2 Å². The molecule has 0 fully saturated rings. The summed E-state index contributed by atoms with van der Waals surface area (Å²) in [7, 11) is 0. The second-order valence-electron chi connectivity index (χ2n) is 9.20. The highest BCUT2D eigenvalue weighted by atomic mass is 16.7. The number of ether oxygens (including phenoxy) is 5. The summed E-state index contributed by atoms with van der Waals surface area (Å²) in [6.07, 6.45) is 0.0439. The third-order valence-electron chi connectivity index (χ3n) is 5.85. The first-order chi connectivity index (χ1) is 17.4. The number of carbonyl (C=O) groups is 4. The van der Waals surface area contributed by atoms with Gasteiger partial charge in [0.05, 0.1) is 11.8 Å². The van der Waals surface area contributed by atoms with Crippen LogP contribution in [0.4, 0.5) is 4.79 Å². The van der Waals surface area contributed by atoms with Crippen molar-refractivity contribution in [3.8, 4) is 11.5 Å². The van der Waals surface area contributed by atoms with Crippen LogP contribution in [0.3, 0.4) is 0 Å². The summed E-state index contributed by atoms with van der Waals surface area (Å²) in [6, 6.07) is 3.62. The van der Waals surface area contributed by atoms with E-state index >= 15 is 0 Å². The van der Waals surface area contributed by atoms with E-state index in [0.717, 1.165) is 0 Å². The third kappa shape index (κ3) is 11.2. The summed E-state index contributed by atoms with van der Waals surface area (Å²) < 4.78 is 26.2. The Bertz CT molecular complexity index is 917. The SMILES string of the molecule is CCC(C)OC(=O)O[C@@H](C)COC(=O)[C@@H](N)Cc1ccc(OC(=O)C(C)CC)c(OC(=O)C(C)CC)c1. The largest absolute Gasteiger partial charge is 0.508 e. The molecule has 10 heteroatoms. The molecule has 0 heterocycles. The highest BCUT2D eigenvalue weighted by Crippen LogP contribution is 2.31. The minimum absolute atomic E-state index is 0.0671. The maximum atomic E-state index is 12.4. The molecule has 0 amide bonds. The second kappa shape index (κ2) is 15.9. The zero-order valence-corrected chi connectivity index (χ0v) is 22.9. The average molecular weight is 524 g/mol. The Balaban J connectivity index is 2.85. The van der Waals surface area contributed by atoms with E-state index in [4.69, 9.17) is 29.4 Å². The molecule has 10 nitrogen and oxygen atoms in total. The Morgan fingerprint density at radius 1 is 0.757 bits per heavy atom. The van der Waals surface area contributed by atoms with Crippen LogP contribution >= 0.6 is 0 Å². The van der Waals surface area contributed by atoms with E-state index in [1.807, 2.05) is 20.8 Å². The maximum Gasteiger partial charge on any atom is 0.508 e. The van der Waals surface area contributed by atoms with E-state index < -0.39 is 36.2 Å². The van der Waals surface area contributed by atoms with Gasteiger partial charge in [0.25, 0.3) is 0 Å². The molecule has 2 N–H and O–H groups in total. The molecule has 0 spiro atoms. The second-order valence-corrected chi connectivity index (χ2v) is 9.20. The van der Waals surface area contributed by atoms with Crippen LogP contribution in [0.15, 0.2) is 18.2 Å². The van der Waals surface area contributed by atoms with E-state index in [1.54, 1.807) is 33.8 Å². The highest BCUT2D eigenvalue weighted by Gasteiger charge is 2.23. The van der Waals surface area contributed by atoms with Crippen molar-refractivity contribution < 1.29 is 42.9 Å². The third-order valence-corrected chi connectivity index (χ3v) is 5.85. The number of esters is 3. The molecular weight excluding hydrogens is 482 g/mol. The lowest BCUT2D eigenvalue weighted by Crippen LogP contribution is -2.36. The van der Waals surface area contributed by atoms with E-state index in [1.165, 1.54) is 12.1 Å². The highest BCUT2D eigenvalue weighted by molar-refractivity contribution is 5.79. The van der Waals surface area contributed by atoms with Gasteiger partial charge in [0, 0.05) is 0 Å². The Morgan fingerprint density at radius 3 is 1.84 bits per heavy atom. The number of benzene rings is 1.